The van der Waals surface area contributed by atoms with Crippen molar-refractivity contribution in [2.24, 2.45) is 5.92 Å². The van der Waals surface area contributed by atoms with Gasteiger partial charge in [0.05, 0.1) is 6.61 Å². The van der Waals surface area contributed by atoms with Crippen molar-refractivity contribution in [3.63, 3.8) is 0 Å². The maximum absolute atomic E-state index is 14.4. The van der Waals surface area contributed by atoms with E-state index < -0.39 is 25.8 Å². The molecule has 1 aliphatic heterocycles. The molecular formula is C21H32FNO4Si. The molecule has 5 nitrogen and oxygen atoms in total. The highest BCUT2D eigenvalue weighted by Gasteiger charge is 2.41. The molecule has 1 fully saturated rings. The van der Waals surface area contributed by atoms with Gasteiger partial charge in [-0.2, -0.15) is 0 Å². The summed E-state index contributed by atoms with van der Waals surface area (Å²) in [4.78, 5) is 12.1. The smallest absolute Gasteiger partial charge is 0.411 e. The zero-order valence-electron chi connectivity index (χ0n) is 17.4. The summed E-state index contributed by atoms with van der Waals surface area (Å²) in [6.07, 6.45) is 6.17. The van der Waals surface area contributed by atoms with Crippen LogP contribution in [-0.4, -0.2) is 26.6 Å². The Morgan fingerprint density at radius 1 is 1.25 bits per heavy atom. The zero-order valence-corrected chi connectivity index (χ0v) is 18.4. The lowest BCUT2D eigenvalue weighted by molar-refractivity contribution is -0.0823. The van der Waals surface area contributed by atoms with Crippen molar-refractivity contribution >= 4 is 19.9 Å². The van der Waals surface area contributed by atoms with Crippen LogP contribution in [0, 0.1) is 11.7 Å². The number of anilines is 1. The van der Waals surface area contributed by atoms with E-state index in [4.69, 9.17) is 14.2 Å². The molecular weight excluding hydrogens is 377 g/mol. The summed E-state index contributed by atoms with van der Waals surface area (Å²) >= 11 is 0. The van der Waals surface area contributed by atoms with E-state index in [0.717, 1.165) is 12.5 Å². The van der Waals surface area contributed by atoms with Crippen molar-refractivity contribution in [3.8, 4) is 11.5 Å². The Bertz CT molecular complexity index is 715. The fourth-order valence-electron chi connectivity index (χ4n) is 3.89. The summed E-state index contributed by atoms with van der Waals surface area (Å²) in [7, 11) is -1.31. The molecule has 1 saturated carbocycles. The number of benzene rings is 1. The molecule has 1 atom stereocenters. The minimum Gasteiger partial charge on any atom is -0.450 e. The van der Waals surface area contributed by atoms with E-state index in [-0.39, 0.29) is 11.4 Å². The van der Waals surface area contributed by atoms with Gasteiger partial charge in [-0.1, -0.05) is 51.7 Å². The average molecular weight is 410 g/mol. The molecule has 1 aromatic carbocycles. The van der Waals surface area contributed by atoms with Gasteiger partial charge < -0.3 is 14.2 Å². The first-order chi connectivity index (χ1) is 13.2. The molecule has 0 spiro atoms. The van der Waals surface area contributed by atoms with Crippen molar-refractivity contribution in [3.05, 3.63) is 17.9 Å². The van der Waals surface area contributed by atoms with E-state index in [0.29, 0.717) is 18.3 Å². The van der Waals surface area contributed by atoms with Crippen LogP contribution < -0.4 is 14.8 Å². The highest BCUT2D eigenvalue weighted by molar-refractivity contribution is 6.76. The summed E-state index contributed by atoms with van der Waals surface area (Å²) in [6, 6.07) is 3.69. The minimum absolute atomic E-state index is 0.0112. The van der Waals surface area contributed by atoms with Crippen LogP contribution in [-0.2, 0) is 4.74 Å². The number of ether oxygens (including phenoxy) is 3. The van der Waals surface area contributed by atoms with Crippen LogP contribution in [0.2, 0.25) is 25.7 Å². The first-order valence-electron chi connectivity index (χ1n) is 10.3. The van der Waals surface area contributed by atoms with E-state index in [1.54, 1.807) is 6.07 Å². The molecule has 1 aromatic rings. The third-order valence-electron chi connectivity index (χ3n) is 5.41. The van der Waals surface area contributed by atoms with Gasteiger partial charge in [0.1, 0.15) is 5.69 Å². The Morgan fingerprint density at radius 3 is 2.64 bits per heavy atom. The molecule has 28 heavy (non-hydrogen) atoms. The summed E-state index contributed by atoms with van der Waals surface area (Å²) < 4.78 is 31.7. The molecule has 0 bridgehead atoms. The third kappa shape index (κ3) is 5.40. The van der Waals surface area contributed by atoms with Gasteiger partial charge in [0, 0.05) is 21.4 Å². The molecule has 156 valence electrons. The molecule has 2 aliphatic rings. The second-order valence-electron chi connectivity index (χ2n) is 9.37. The van der Waals surface area contributed by atoms with Gasteiger partial charge in [0.2, 0.25) is 5.79 Å². The van der Waals surface area contributed by atoms with E-state index in [1.807, 2.05) is 6.92 Å². The van der Waals surface area contributed by atoms with Gasteiger partial charge >= 0.3 is 6.09 Å². The number of hydrogen-bond donors (Lipinski definition) is 1. The number of rotatable bonds is 6. The van der Waals surface area contributed by atoms with Gasteiger partial charge in [0.15, 0.2) is 17.3 Å². The minimum atomic E-state index is -1.31. The highest BCUT2D eigenvalue weighted by atomic mass is 28.3. The van der Waals surface area contributed by atoms with Crippen LogP contribution >= 0.6 is 0 Å². The van der Waals surface area contributed by atoms with Crippen LogP contribution in [0.5, 0.6) is 11.5 Å². The molecule has 1 unspecified atom stereocenters. The van der Waals surface area contributed by atoms with Gasteiger partial charge in [0.25, 0.3) is 0 Å². The van der Waals surface area contributed by atoms with Gasteiger partial charge in [-0.05, 0) is 24.1 Å². The Balaban J connectivity index is 1.65. The first-order valence-corrected chi connectivity index (χ1v) is 14.0. The lowest BCUT2D eigenvalue weighted by atomic mass is 9.85. The van der Waals surface area contributed by atoms with Crippen LogP contribution in [0.1, 0.15) is 45.4 Å². The molecule has 1 N–H and O–H groups in total. The fraction of sp³-hybridized carbons (Fsp3) is 0.667. The van der Waals surface area contributed by atoms with E-state index in [9.17, 15) is 9.18 Å². The van der Waals surface area contributed by atoms with Crippen molar-refractivity contribution < 1.29 is 23.4 Å². The number of fused-ring (bicyclic) bond motifs is 1. The van der Waals surface area contributed by atoms with E-state index in [1.165, 1.54) is 38.2 Å². The molecule has 3 rings (SSSR count). The van der Waals surface area contributed by atoms with Crippen LogP contribution in [0.4, 0.5) is 14.9 Å². The average Bonchev–Trinajstić information content (AvgIpc) is 2.93. The lowest BCUT2D eigenvalue weighted by Crippen LogP contribution is -2.37. The monoisotopic (exact) mass is 409 g/mol. The quantitative estimate of drug-likeness (QED) is 0.571. The van der Waals surface area contributed by atoms with Crippen molar-refractivity contribution in [1.29, 1.82) is 0 Å². The lowest BCUT2D eigenvalue weighted by Gasteiger charge is -2.30. The summed E-state index contributed by atoms with van der Waals surface area (Å²) in [5.41, 5.74) is -0.0112. The van der Waals surface area contributed by atoms with Gasteiger partial charge in [-0.15, -0.1) is 0 Å². The standard InChI is InChI=1S/C21H32FNO4Si/c1-21(14-15-8-6-5-7-9-15)26-17-11-10-16(22)18(19(17)27-21)23-20(24)25-12-13-28(2,3)4/h10-11,15H,5-9,12-14H2,1-4H3,(H,23,24). The molecule has 0 saturated heterocycles. The zero-order chi connectivity index (χ0) is 20.4. The first kappa shape index (κ1) is 21.0. The Kier molecular flexibility index (Phi) is 6.22. The van der Waals surface area contributed by atoms with Gasteiger partial charge in [-0.25, -0.2) is 9.18 Å². The highest BCUT2D eigenvalue weighted by Crippen LogP contribution is 2.48. The summed E-state index contributed by atoms with van der Waals surface area (Å²) in [6.45, 7) is 8.83. The largest absolute Gasteiger partial charge is 0.450 e. The van der Waals surface area contributed by atoms with Crippen molar-refractivity contribution in [2.75, 3.05) is 11.9 Å². The van der Waals surface area contributed by atoms with E-state index in [2.05, 4.69) is 25.0 Å². The van der Waals surface area contributed by atoms with Gasteiger partial charge in [-0.3, -0.25) is 5.32 Å². The molecule has 1 amide bonds. The molecule has 7 heteroatoms. The Hall–Kier alpha value is -1.76. The topological polar surface area (TPSA) is 56.8 Å². The van der Waals surface area contributed by atoms with Crippen LogP contribution in [0.15, 0.2) is 12.1 Å². The Morgan fingerprint density at radius 2 is 1.96 bits per heavy atom. The number of amides is 1. The van der Waals surface area contributed by atoms with Crippen LogP contribution in [0.25, 0.3) is 0 Å². The Labute approximate surface area is 167 Å². The number of hydrogen-bond acceptors (Lipinski definition) is 4. The van der Waals surface area contributed by atoms with Crippen LogP contribution in [0.3, 0.4) is 0 Å². The third-order valence-corrected chi connectivity index (χ3v) is 7.12. The fourth-order valence-corrected chi connectivity index (χ4v) is 4.61. The van der Waals surface area contributed by atoms with Crippen molar-refractivity contribution in [2.45, 2.75) is 76.9 Å². The predicted octanol–water partition coefficient (Wildman–Crippen LogP) is 6.17. The molecule has 1 aliphatic carbocycles. The van der Waals surface area contributed by atoms with Crippen molar-refractivity contribution in [1.82, 2.24) is 0 Å². The molecule has 1 heterocycles. The molecule has 0 radical (unpaired) electrons. The number of halogens is 1. The second kappa shape index (κ2) is 8.31. The number of carbonyl (C=O) groups is 1. The normalized spacial score (nSPS) is 22.2. The SMILES string of the molecule is CC1(CC2CCCCC2)Oc2ccc(F)c(NC(=O)OCC[Si](C)(C)C)c2O1. The maximum Gasteiger partial charge on any atom is 0.411 e. The maximum atomic E-state index is 14.4. The molecule has 0 aromatic heterocycles. The second-order valence-corrected chi connectivity index (χ2v) is 15.0. The summed E-state index contributed by atoms with van der Waals surface area (Å²) in [5, 5.41) is 2.51. The summed E-state index contributed by atoms with van der Waals surface area (Å²) in [5.74, 6) is -0.152. The number of nitrogens with one attached hydrogen (secondary N) is 1. The van der Waals surface area contributed by atoms with E-state index >= 15 is 0 Å². The predicted molar refractivity (Wildman–Crippen MR) is 110 cm³/mol. The number of carbonyl (C=O) groups excluding carboxylic acids is 1.